The van der Waals surface area contributed by atoms with Gasteiger partial charge >= 0.3 is 0 Å². The maximum Gasteiger partial charge on any atom is 0.0705 e. The van der Waals surface area contributed by atoms with E-state index in [2.05, 4.69) is 66.4 Å². The Hall–Kier alpha value is -2.19. The summed E-state index contributed by atoms with van der Waals surface area (Å²) >= 11 is 0. The minimum atomic E-state index is 1.00. The van der Waals surface area contributed by atoms with Gasteiger partial charge in [-0.2, -0.15) is 0 Å². The smallest absolute Gasteiger partial charge is 0.0705 e. The van der Waals surface area contributed by atoms with Gasteiger partial charge in [-0.15, -0.1) is 0 Å². The van der Waals surface area contributed by atoms with Gasteiger partial charge in [-0.05, 0) is 49.6 Å². The van der Waals surface area contributed by atoms with E-state index in [0.717, 1.165) is 31.6 Å². The zero-order valence-electron chi connectivity index (χ0n) is 13.6. The Bertz CT molecular complexity index is 821. The molecule has 116 valence electrons. The highest BCUT2D eigenvalue weighted by molar-refractivity contribution is 5.79. The van der Waals surface area contributed by atoms with Gasteiger partial charge in [0.05, 0.1) is 5.52 Å². The number of aryl methyl sites for hydroxylation is 2. The number of hydrogen-bond acceptors (Lipinski definition) is 2. The number of aromatic nitrogens is 1. The highest BCUT2D eigenvalue weighted by Gasteiger charge is 2.16. The first-order chi connectivity index (χ1) is 11.3. The maximum atomic E-state index is 4.90. The quantitative estimate of drug-likeness (QED) is 0.693. The molecule has 0 fully saturated rings. The molecule has 4 rings (SSSR count). The second kappa shape index (κ2) is 6.13. The molecule has 1 aliphatic rings. The van der Waals surface area contributed by atoms with Crippen LogP contribution in [-0.4, -0.2) is 16.4 Å². The van der Waals surface area contributed by atoms with Crippen LogP contribution in [0.2, 0.25) is 0 Å². The molecular formula is C21H22N2. The van der Waals surface area contributed by atoms with Crippen molar-refractivity contribution in [2.45, 2.75) is 32.9 Å². The first kappa shape index (κ1) is 14.4. The zero-order valence-corrected chi connectivity index (χ0v) is 13.6. The van der Waals surface area contributed by atoms with Crippen LogP contribution in [0, 0.1) is 6.92 Å². The van der Waals surface area contributed by atoms with Crippen molar-refractivity contribution in [1.29, 1.82) is 0 Å². The van der Waals surface area contributed by atoms with Crippen molar-refractivity contribution >= 4 is 10.9 Å². The van der Waals surface area contributed by atoms with E-state index in [1.54, 1.807) is 0 Å². The molecule has 1 aliphatic heterocycles. The summed E-state index contributed by atoms with van der Waals surface area (Å²) in [5.74, 6) is 0. The van der Waals surface area contributed by atoms with Crippen LogP contribution in [0.5, 0.6) is 0 Å². The molecule has 2 nitrogen and oxygen atoms in total. The molecule has 0 aliphatic carbocycles. The predicted octanol–water partition coefficient (Wildman–Crippen LogP) is 4.49. The third kappa shape index (κ3) is 3.13. The summed E-state index contributed by atoms with van der Waals surface area (Å²) in [6, 6.07) is 19.7. The molecule has 2 heteroatoms. The van der Waals surface area contributed by atoms with E-state index in [4.69, 9.17) is 4.98 Å². The van der Waals surface area contributed by atoms with Gasteiger partial charge < -0.3 is 0 Å². The van der Waals surface area contributed by atoms with Gasteiger partial charge in [-0.25, -0.2) is 0 Å². The number of pyridine rings is 1. The number of para-hydroxylation sites is 1. The number of rotatable bonds is 2. The van der Waals surface area contributed by atoms with Crippen LogP contribution in [0.1, 0.15) is 28.8 Å². The van der Waals surface area contributed by atoms with Gasteiger partial charge in [-0.1, -0.05) is 48.0 Å². The molecule has 0 amide bonds. The third-order valence-corrected chi connectivity index (χ3v) is 4.70. The van der Waals surface area contributed by atoms with Gasteiger partial charge in [0.15, 0.2) is 0 Å². The molecule has 0 N–H and O–H groups in total. The molecule has 3 aromatic rings. The number of nitrogens with zero attached hydrogens (tertiary/aromatic N) is 2. The number of fused-ring (bicyclic) bond motifs is 2. The van der Waals surface area contributed by atoms with Crippen molar-refractivity contribution in [3.8, 4) is 0 Å². The lowest BCUT2D eigenvalue weighted by atomic mass is 10.1. The molecule has 0 saturated heterocycles. The topological polar surface area (TPSA) is 16.1 Å². The van der Waals surface area contributed by atoms with E-state index >= 15 is 0 Å². The van der Waals surface area contributed by atoms with E-state index in [-0.39, 0.29) is 0 Å². The Kier molecular flexibility index (Phi) is 3.84. The highest BCUT2D eigenvalue weighted by Crippen LogP contribution is 2.23. The first-order valence-corrected chi connectivity index (χ1v) is 8.43. The van der Waals surface area contributed by atoms with Gasteiger partial charge in [0.1, 0.15) is 0 Å². The fourth-order valence-electron chi connectivity index (χ4n) is 3.43. The molecule has 0 unspecified atom stereocenters. The zero-order chi connectivity index (χ0) is 15.6. The average Bonchev–Trinajstić information content (AvgIpc) is 2.76. The van der Waals surface area contributed by atoms with Crippen LogP contribution >= 0.6 is 0 Å². The average molecular weight is 302 g/mol. The second-order valence-corrected chi connectivity index (χ2v) is 6.59. The van der Waals surface area contributed by atoms with Crippen LogP contribution in [0.15, 0.2) is 54.6 Å². The monoisotopic (exact) mass is 302 g/mol. The standard InChI is InChI=1S/C21H22N2/c1-16-8-10-17(11-9-16)14-23-12-4-7-21-19(15-23)13-18-5-2-3-6-20(18)22-21/h2-3,5-6,8-11,13H,4,7,12,14-15H2,1H3. The predicted molar refractivity (Wildman–Crippen MR) is 95.4 cm³/mol. The summed E-state index contributed by atoms with van der Waals surface area (Å²) in [4.78, 5) is 7.45. The molecule has 1 aromatic heterocycles. The van der Waals surface area contributed by atoms with E-state index in [0.29, 0.717) is 0 Å². The maximum absolute atomic E-state index is 4.90. The van der Waals surface area contributed by atoms with Gasteiger partial charge in [-0.3, -0.25) is 9.88 Å². The van der Waals surface area contributed by atoms with Gasteiger partial charge in [0, 0.05) is 24.2 Å². The van der Waals surface area contributed by atoms with Crippen LogP contribution in [0.25, 0.3) is 10.9 Å². The van der Waals surface area contributed by atoms with Gasteiger partial charge in [0.2, 0.25) is 0 Å². The van der Waals surface area contributed by atoms with Crippen molar-refractivity contribution in [3.05, 3.63) is 77.0 Å². The minimum Gasteiger partial charge on any atom is -0.295 e. The summed E-state index contributed by atoms with van der Waals surface area (Å²) < 4.78 is 0. The Morgan fingerprint density at radius 3 is 2.74 bits per heavy atom. The fourth-order valence-corrected chi connectivity index (χ4v) is 3.43. The molecule has 0 atom stereocenters. The highest BCUT2D eigenvalue weighted by atomic mass is 15.1. The number of benzene rings is 2. The molecule has 0 bridgehead atoms. The van der Waals surface area contributed by atoms with Crippen molar-refractivity contribution in [2.24, 2.45) is 0 Å². The fraction of sp³-hybridized carbons (Fsp3) is 0.286. The third-order valence-electron chi connectivity index (χ3n) is 4.70. The molecular weight excluding hydrogens is 280 g/mol. The van der Waals surface area contributed by atoms with E-state index in [1.807, 2.05) is 0 Å². The summed E-state index contributed by atoms with van der Waals surface area (Å²) in [7, 11) is 0. The van der Waals surface area contributed by atoms with Crippen LogP contribution in [0.3, 0.4) is 0 Å². The molecule has 0 saturated carbocycles. The molecule has 0 spiro atoms. The SMILES string of the molecule is Cc1ccc(CN2CCCc3nc4ccccc4cc3C2)cc1. The number of hydrogen-bond donors (Lipinski definition) is 0. The van der Waals surface area contributed by atoms with Crippen molar-refractivity contribution in [3.63, 3.8) is 0 Å². The summed E-state index contributed by atoms with van der Waals surface area (Å²) in [6.45, 7) is 5.30. The molecule has 0 radical (unpaired) electrons. The minimum absolute atomic E-state index is 1.00. The summed E-state index contributed by atoms with van der Waals surface area (Å²) in [5, 5.41) is 1.25. The lowest BCUT2D eigenvalue weighted by molar-refractivity contribution is 0.261. The first-order valence-electron chi connectivity index (χ1n) is 8.43. The van der Waals surface area contributed by atoms with Crippen molar-refractivity contribution < 1.29 is 0 Å². The molecule has 23 heavy (non-hydrogen) atoms. The van der Waals surface area contributed by atoms with Crippen LogP contribution < -0.4 is 0 Å². The van der Waals surface area contributed by atoms with Crippen molar-refractivity contribution in [1.82, 2.24) is 9.88 Å². The van der Waals surface area contributed by atoms with Gasteiger partial charge in [0.25, 0.3) is 0 Å². The van der Waals surface area contributed by atoms with Crippen molar-refractivity contribution in [2.75, 3.05) is 6.54 Å². The van der Waals surface area contributed by atoms with E-state index < -0.39 is 0 Å². The lowest BCUT2D eigenvalue weighted by Crippen LogP contribution is -2.22. The summed E-state index contributed by atoms with van der Waals surface area (Å²) in [5.41, 5.74) is 6.53. The molecule has 2 aromatic carbocycles. The van der Waals surface area contributed by atoms with E-state index in [1.165, 1.54) is 34.2 Å². The second-order valence-electron chi connectivity index (χ2n) is 6.59. The van der Waals surface area contributed by atoms with Crippen LogP contribution in [0.4, 0.5) is 0 Å². The summed E-state index contributed by atoms with van der Waals surface area (Å²) in [6.07, 6.45) is 2.27. The largest absolute Gasteiger partial charge is 0.295 e. The Morgan fingerprint density at radius 2 is 1.87 bits per heavy atom. The normalized spacial score (nSPS) is 15.3. The Balaban J connectivity index is 1.61. The van der Waals surface area contributed by atoms with Crippen LogP contribution in [-0.2, 0) is 19.5 Å². The molecule has 2 heterocycles. The van der Waals surface area contributed by atoms with E-state index in [9.17, 15) is 0 Å². The lowest BCUT2D eigenvalue weighted by Gasteiger charge is -2.20. The Labute approximate surface area is 137 Å². The Morgan fingerprint density at radius 1 is 1.04 bits per heavy atom.